The zero-order chi connectivity index (χ0) is 22.5. The minimum absolute atomic E-state index is 0.0838. The number of aromatic nitrogens is 4. The number of aryl methyl sites for hydroxylation is 1. The van der Waals surface area contributed by atoms with E-state index in [0.717, 1.165) is 21.9 Å². The van der Waals surface area contributed by atoms with Crippen LogP contribution in [0.1, 0.15) is 35.2 Å². The molecule has 0 aliphatic rings. The number of nitrogens with two attached hydrogens (primary N) is 1. The van der Waals surface area contributed by atoms with Crippen molar-refractivity contribution in [1.82, 2.24) is 19.3 Å². The normalized spacial score (nSPS) is 10.9. The average Bonchev–Trinajstić information content (AvgIpc) is 3.20. The summed E-state index contributed by atoms with van der Waals surface area (Å²) in [5.74, 6) is 0.131. The number of hydrogen-bond donors (Lipinski definition) is 1. The van der Waals surface area contributed by atoms with E-state index in [2.05, 4.69) is 10.2 Å². The van der Waals surface area contributed by atoms with Gasteiger partial charge in [0.15, 0.2) is 12.4 Å². The van der Waals surface area contributed by atoms with Gasteiger partial charge in [0.25, 0.3) is 16.7 Å². The first-order chi connectivity index (χ1) is 14.8. The Morgan fingerprint density at radius 3 is 2.77 bits per heavy atom. The van der Waals surface area contributed by atoms with Gasteiger partial charge in [0, 0.05) is 13.6 Å². The highest BCUT2D eigenvalue weighted by Gasteiger charge is 2.22. The molecule has 10 nitrogen and oxygen atoms in total. The topological polar surface area (TPSA) is 135 Å². The molecular weight excluding hydrogens is 422 g/mol. The molecular formula is C20H23N5O5S. The van der Waals surface area contributed by atoms with Gasteiger partial charge >= 0.3 is 5.69 Å². The highest BCUT2D eigenvalue weighted by atomic mass is 32.2. The van der Waals surface area contributed by atoms with Gasteiger partial charge in [0.05, 0.1) is 5.75 Å². The Kier molecular flexibility index (Phi) is 6.95. The van der Waals surface area contributed by atoms with E-state index in [9.17, 15) is 14.4 Å². The van der Waals surface area contributed by atoms with E-state index in [0.29, 0.717) is 18.7 Å². The van der Waals surface area contributed by atoms with Crippen molar-refractivity contribution in [2.75, 3.05) is 11.5 Å². The van der Waals surface area contributed by atoms with Crippen molar-refractivity contribution in [2.24, 2.45) is 7.05 Å². The van der Waals surface area contributed by atoms with Gasteiger partial charge < -0.3 is 14.9 Å². The summed E-state index contributed by atoms with van der Waals surface area (Å²) >= 11 is 0.979. The highest BCUT2D eigenvalue weighted by Crippen LogP contribution is 2.20. The lowest BCUT2D eigenvalue weighted by molar-refractivity contribution is 0.102. The Bertz CT molecular complexity index is 1210. The van der Waals surface area contributed by atoms with E-state index < -0.39 is 17.0 Å². The fourth-order valence-electron chi connectivity index (χ4n) is 2.89. The lowest BCUT2D eigenvalue weighted by Crippen LogP contribution is -2.42. The fourth-order valence-corrected chi connectivity index (χ4v) is 3.54. The molecule has 0 atom stereocenters. The number of thioether (sulfide) groups is 1. The van der Waals surface area contributed by atoms with Gasteiger partial charge in [0.2, 0.25) is 0 Å². The standard InChI is InChI=1S/C20H23N5O5S/c1-4-8-25-17(21)16(18(27)24(3)20(25)28)14(26)11-31-19-23-22-15(30-19)10-29-13-7-5-6-12(2)9-13/h5-7,9H,4,8,10-11,21H2,1-3H3. The summed E-state index contributed by atoms with van der Waals surface area (Å²) in [7, 11) is 1.32. The molecule has 0 amide bonds. The molecule has 0 bridgehead atoms. The minimum atomic E-state index is -0.724. The second kappa shape index (κ2) is 9.65. The highest BCUT2D eigenvalue weighted by molar-refractivity contribution is 7.99. The Morgan fingerprint density at radius 2 is 2.06 bits per heavy atom. The van der Waals surface area contributed by atoms with Crippen molar-refractivity contribution in [3.05, 3.63) is 62.1 Å². The predicted octanol–water partition coefficient (Wildman–Crippen LogP) is 1.78. The van der Waals surface area contributed by atoms with Gasteiger partial charge in [-0.1, -0.05) is 30.8 Å². The third-order valence-electron chi connectivity index (χ3n) is 4.44. The molecule has 0 saturated carbocycles. The van der Waals surface area contributed by atoms with Crippen molar-refractivity contribution in [1.29, 1.82) is 0 Å². The summed E-state index contributed by atoms with van der Waals surface area (Å²) in [6.45, 7) is 4.21. The summed E-state index contributed by atoms with van der Waals surface area (Å²) in [5, 5.41) is 7.93. The minimum Gasteiger partial charge on any atom is -0.484 e. The number of nitrogens with zero attached hydrogens (tertiary/aromatic N) is 4. The summed E-state index contributed by atoms with van der Waals surface area (Å²) in [5.41, 5.74) is 5.54. The molecule has 2 aromatic heterocycles. The Morgan fingerprint density at radius 1 is 1.29 bits per heavy atom. The van der Waals surface area contributed by atoms with Crippen LogP contribution >= 0.6 is 11.8 Å². The maximum absolute atomic E-state index is 12.7. The molecule has 2 N–H and O–H groups in total. The second-order valence-corrected chi connectivity index (χ2v) is 7.76. The second-order valence-electron chi connectivity index (χ2n) is 6.84. The van der Waals surface area contributed by atoms with Gasteiger partial charge in [-0.05, 0) is 31.0 Å². The first-order valence-electron chi connectivity index (χ1n) is 9.59. The molecule has 0 saturated heterocycles. The molecule has 0 fully saturated rings. The molecule has 0 spiro atoms. The van der Waals surface area contributed by atoms with Crippen LogP contribution in [0, 0.1) is 6.92 Å². The number of nitrogen functional groups attached to an aromatic ring is 1. The largest absolute Gasteiger partial charge is 0.484 e. The fraction of sp³-hybridized carbons (Fsp3) is 0.350. The van der Waals surface area contributed by atoms with Gasteiger partial charge in [-0.25, -0.2) is 4.79 Å². The number of ether oxygens (including phenoxy) is 1. The Balaban J connectivity index is 1.68. The number of hydrogen-bond acceptors (Lipinski definition) is 9. The molecule has 0 aliphatic carbocycles. The van der Waals surface area contributed by atoms with Crippen LogP contribution < -0.4 is 21.7 Å². The molecule has 0 radical (unpaired) electrons. The summed E-state index contributed by atoms with van der Waals surface area (Å²) < 4.78 is 13.2. The Labute approximate surface area is 182 Å². The summed E-state index contributed by atoms with van der Waals surface area (Å²) in [4.78, 5) is 37.3. The monoisotopic (exact) mass is 445 g/mol. The van der Waals surface area contributed by atoms with E-state index in [1.807, 2.05) is 38.1 Å². The van der Waals surface area contributed by atoms with E-state index in [1.54, 1.807) is 0 Å². The van der Waals surface area contributed by atoms with E-state index in [4.69, 9.17) is 14.9 Å². The zero-order valence-electron chi connectivity index (χ0n) is 17.5. The van der Waals surface area contributed by atoms with Gasteiger partial charge in [-0.2, -0.15) is 0 Å². The molecule has 1 aromatic carbocycles. The number of ketones is 1. The third kappa shape index (κ3) is 5.05. The molecule has 0 aliphatic heterocycles. The lowest BCUT2D eigenvalue weighted by Gasteiger charge is -2.13. The number of anilines is 1. The van der Waals surface area contributed by atoms with Crippen LogP contribution in [0.5, 0.6) is 5.75 Å². The summed E-state index contributed by atoms with van der Waals surface area (Å²) in [6.07, 6.45) is 0.625. The van der Waals surface area contributed by atoms with Gasteiger partial charge in [-0.3, -0.25) is 18.7 Å². The SMILES string of the molecule is CCCn1c(N)c(C(=O)CSc2nnc(COc3cccc(C)c3)o2)c(=O)n(C)c1=O. The quantitative estimate of drug-likeness (QED) is 0.386. The lowest BCUT2D eigenvalue weighted by atomic mass is 10.2. The van der Waals surface area contributed by atoms with E-state index in [-0.39, 0.29) is 34.9 Å². The van der Waals surface area contributed by atoms with Gasteiger partial charge in [-0.15, -0.1) is 10.2 Å². The number of benzene rings is 1. The van der Waals surface area contributed by atoms with Crippen LogP contribution in [0.25, 0.3) is 0 Å². The third-order valence-corrected chi connectivity index (χ3v) is 5.25. The predicted molar refractivity (Wildman–Crippen MR) is 116 cm³/mol. The molecule has 164 valence electrons. The van der Waals surface area contributed by atoms with Crippen LogP contribution in [0.4, 0.5) is 5.82 Å². The first-order valence-corrected chi connectivity index (χ1v) is 10.6. The van der Waals surface area contributed by atoms with Crippen molar-refractivity contribution >= 4 is 23.4 Å². The molecule has 31 heavy (non-hydrogen) atoms. The van der Waals surface area contributed by atoms with Crippen LogP contribution in [-0.4, -0.2) is 30.9 Å². The van der Waals surface area contributed by atoms with Crippen molar-refractivity contribution in [2.45, 2.75) is 38.6 Å². The van der Waals surface area contributed by atoms with Crippen LogP contribution in [-0.2, 0) is 20.2 Å². The number of carbonyl (C=O) groups is 1. The Hall–Kier alpha value is -3.34. The maximum Gasteiger partial charge on any atom is 0.332 e. The number of rotatable bonds is 9. The zero-order valence-corrected chi connectivity index (χ0v) is 18.3. The van der Waals surface area contributed by atoms with Crippen LogP contribution in [0.3, 0.4) is 0 Å². The molecule has 2 heterocycles. The first kappa shape index (κ1) is 22.3. The molecule has 11 heteroatoms. The van der Waals surface area contributed by atoms with Crippen LogP contribution in [0.2, 0.25) is 0 Å². The van der Waals surface area contributed by atoms with Gasteiger partial charge in [0.1, 0.15) is 17.1 Å². The van der Waals surface area contributed by atoms with Crippen LogP contribution in [0.15, 0.2) is 43.5 Å². The van der Waals surface area contributed by atoms with Crippen molar-refractivity contribution in [3.8, 4) is 5.75 Å². The van der Waals surface area contributed by atoms with E-state index >= 15 is 0 Å². The van der Waals surface area contributed by atoms with Crippen molar-refractivity contribution < 1.29 is 13.9 Å². The number of carbonyl (C=O) groups excluding carboxylic acids is 1. The molecule has 3 rings (SSSR count). The average molecular weight is 446 g/mol. The molecule has 0 unspecified atom stereocenters. The van der Waals surface area contributed by atoms with E-state index in [1.165, 1.54) is 11.6 Å². The maximum atomic E-state index is 12.7. The summed E-state index contributed by atoms with van der Waals surface area (Å²) in [6, 6.07) is 7.54. The number of Topliss-reactive ketones (excluding diaryl/α,β-unsaturated/α-hetero) is 1. The smallest absolute Gasteiger partial charge is 0.332 e. The molecule has 3 aromatic rings. The van der Waals surface area contributed by atoms with Crippen molar-refractivity contribution in [3.63, 3.8) is 0 Å².